The van der Waals surface area contributed by atoms with Crippen LogP contribution in [-0.2, 0) is 0 Å². The largest absolute Gasteiger partial charge is 0.223 e. The van der Waals surface area contributed by atoms with Gasteiger partial charge < -0.3 is 0 Å². The van der Waals surface area contributed by atoms with Crippen LogP contribution in [0.3, 0.4) is 0 Å². The van der Waals surface area contributed by atoms with Crippen molar-refractivity contribution in [3.63, 3.8) is 0 Å². The standard InChI is InChI=1S/C16H13N2S/c1-12-5-4-7-14-10-18(11-19-16(12)14)15-8-3-2-6-13(15)9-17/h2-8,10H,11H2,1H3/q+1. The average molecular weight is 265 g/mol. The van der Waals surface area contributed by atoms with Crippen LogP contribution in [0, 0.1) is 18.3 Å². The molecule has 0 fully saturated rings. The van der Waals surface area contributed by atoms with Crippen molar-refractivity contribution in [1.82, 2.24) is 0 Å². The second-order valence-electron chi connectivity index (χ2n) is 4.49. The minimum atomic E-state index is 0.718. The molecule has 3 rings (SSSR count). The number of nitriles is 1. The van der Waals surface area contributed by atoms with Crippen molar-refractivity contribution in [2.24, 2.45) is 0 Å². The summed E-state index contributed by atoms with van der Waals surface area (Å²) in [6.07, 6.45) is 2.13. The second-order valence-corrected chi connectivity index (χ2v) is 5.45. The van der Waals surface area contributed by atoms with Gasteiger partial charge in [0.15, 0.2) is 12.1 Å². The Morgan fingerprint density at radius 1 is 1.16 bits per heavy atom. The van der Waals surface area contributed by atoms with Crippen LogP contribution in [0.5, 0.6) is 0 Å². The maximum absolute atomic E-state index is 9.19. The molecule has 0 atom stereocenters. The number of hydrogen-bond donors (Lipinski definition) is 0. The number of fused-ring (bicyclic) bond motifs is 1. The summed E-state index contributed by atoms with van der Waals surface area (Å²) in [7, 11) is 0. The van der Waals surface area contributed by atoms with Gasteiger partial charge in [-0.15, -0.1) is 0 Å². The van der Waals surface area contributed by atoms with Gasteiger partial charge in [-0.2, -0.15) is 9.84 Å². The van der Waals surface area contributed by atoms with Crippen molar-refractivity contribution >= 4 is 23.7 Å². The molecule has 0 bridgehead atoms. The molecule has 0 aromatic heterocycles. The van der Waals surface area contributed by atoms with Crippen molar-refractivity contribution in [2.75, 3.05) is 5.88 Å². The van der Waals surface area contributed by atoms with Crippen LogP contribution < -0.4 is 0 Å². The van der Waals surface area contributed by atoms with Gasteiger partial charge in [-0.25, -0.2) is 0 Å². The summed E-state index contributed by atoms with van der Waals surface area (Å²) in [4.78, 5) is 1.34. The highest BCUT2D eigenvalue weighted by Crippen LogP contribution is 2.31. The number of para-hydroxylation sites is 1. The average Bonchev–Trinajstić information content (AvgIpc) is 2.47. The Bertz CT molecular complexity index is 711. The van der Waals surface area contributed by atoms with Gasteiger partial charge in [0.25, 0.3) is 0 Å². The van der Waals surface area contributed by atoms with E-state index in [9.17, 15) is 5.26 Å². The van der Waals surface area contributed by atoms with Crippen molar-refractivity contribution in [2.45, 2.75) is 11.8 Å². The SMILES string of the molecule is Cc1cccc2c1SC[N+](c1ccccc1C#N)=C2. The second kappa shape index (κ2) is 4.91. The molecule has 0 radical (unpaired) electrons. The Balaban J connectivity index is 2.12. The summed E-state index contributed by atoms with van der Waals surface area (Å²) in [6.45, 7) is 2.14. The zero-order valence-corrected chi connectivity index (χ0v) is 11.4. The molecule has 1 aliphatic heterocycles. The van der Waals surface area contributed by atoms with E-state index in [0.29, 0.717) is 0 Å². The predicted molar refractivity (Wildman–Crippen MR) is 78.1 cm³/mol. The van der Waals surface area contributed by atoms with Crippen LogP contribution in [0.4, 0.5) is 5.69 Å². The lowest BCUT2D eigenvalue weighted by Crippen LogP contribution is -2.14. The topological polar surface area (TPSA) is 26.8 Å². The maximum Gasteiger partial charge on any atom is 0.223 e. The van der Waals surface area contributed by atoms with Gasteiger partial charge in [-0.3, -0.25) is 0 Å². The molecule has 0 amide bonds. The van der Waals surface area contributed by atoms with Gasteiger partial charge in [-0.1, -0.05) is 36.0 Å². The third-order valence-corrected chi connectivity index (χ3v) is 4.47. The normalized spacial score (nSPS) is 13.4. The first kappa shape index (κ1) is 12.0. The first-order chi connectivity index (χ1) is 9.29. The summed E-state index contributed by atoms with van der Waals surface area (Å²) in [5.74, 6) is 0.844. The molecular formula is C16H13N2S+. The van der Waals surface area contributed by atoms with Crippen LogP contribution in [0.15, 0.2) is 47.4 Å². The fraction of sp³-hybridized carbons (Fsp3) is 0.125. The highest BCUT2D eigenvalue weighted by Gasteiger charge is 2.21. The lowest BCUT2D eigenvalue weighted by molar-refractivity contribution is -0.411. The molecule has 0 saturated carbocycles. The van der Waals surface area contributed by atoms with Gasteiger partial charge in [0.1, 0.15) is 11.6 Å². The summed E-state index contributed by atoms with van der Waals surface area (Å²) in [5, 5.41) is 9.19. The third-order valence-electron chi connectivity index (χ3n) is 3.22. The molecule has 0 spiro atoms. The number of hydrogen-bond acceptors (Lipinski definition) is 2. The van der Waals surface area contributed by atoms with Gasteiger partial charge in [0, 0.05) is 11.0 Å². The molecule has 0 N–H and O–H groups in total. The van der Waals surface area contributed by atoms with E-state index < -0.39 is 0 Å². The van der Waals surface area contributed by atoms with Crippen LogP contribution in [0.2, 0.25) is 0 Å². The monoisotopic (exact) mass is 265 g/mol. The Hall–Kier alpha value is -2.05. The van der Waals surface area contributed by atoms with Crippen LogP contribution in [0.1, 0.15) is 16.7 Å². The van der Waals surface area contributed by atoms with Crippen molar-refractivity contribution in [1.29, 1.82) is 5.26 Å². The minimum absolute atomic E-state index is 0.718. The maximum atomic E-state index is 9.19. The van der Waals surface area contributed by atoms with Crippen molar-refractivity contribution in [3.8, 4) is 6.07 Å². The van der Waals surface area contributed by atoms with E-state index in [0.717, 1.165) is 17.1 Å². The minimum Gasteiger partial charge on any atom is -0.192 e. The molecule has 92 valence electrons. The van der Waals surface area contributed by atoms with Gasteiger partial charge in [-0.05, 0) is 24.6 Å². The highest BCUT2D eigenvalue weighted by molar-refractivity contribution is 7.99. The van der Waals surface area contributed by atoms with E-state index in [1.165, 1.54) is 16.0 Å². The quantitative estimate of drug-likeness (QED) is 0.735. The number of benzene rings is 2. The van der Waals surface area contributed by atoms with Crippen molar-refractivity contribution in [3.05, 3.63) is 59.2 Å². The van der Waals surface area contributed by atoms with Gasteiger partial charge in [0.2, 0.25) is 5.69 Å². The molecule has 1 aliphatic rings. The molecule has 2 nitrogen and oxygen atoms in total. The highest BCUT2D eigenvalue weighted by atomic mass is 32.2. The first-order valence-electron chi connectivity index (χ1n) is 6.12. The first-order valence-corrected chi connectivity index (χ1v) is 7.11. The molecule has 2 aromatic rings. The van der Waals surface area contributed by atoms with Crippen LogP contribution in [0.25, 0.3) is 0 Å². The fourth-order valence-corrected chi connectivity index (χ4v) is 3.34. The zero-order valence-electron chi connectivity index (χ0n) is 10.6. The summed E-state index contributed by atoms with van der Waals surface area (Å²) < 4.78 is 2.14. The number of rotatable bonds is 1. The van der Waals surface area contributed by atoms with E-state index >= 15 is 0 Å². The fourth-order valence-electron chi connectivity index (χ4n) is 2.27. The zero-order chi connectivity index (χ0) is 13.2. The Morgan fingerprint density at radius 2 is 2.00 bits per heavy atom. The van der Waals surface area contributed by atoms with E-state index in [1.807, 2.05) is 36.0 Å². The molecule has 2 aromatic carbocycles. The Morgan fingerprint density at radius 3 is 2.84 bits per heavy atom. The number of nitrogens with zero attached hydrogens (tertiary/aromatic N) is 2. The molecule has 0 saturated heterocycles. The molecular weight excluding hydrogens is 252 g/mol. The molecule has 3 heteroatoms. The molecule has 0 aliphatic carbocycles. The Kier molecular flexibility index (Phi) is 3.10. The lowest BCUT2D eigenvalue weighted by Gasteiger charge is -2.13. The third kappa shape index (κ3) is 2.16. The van der Waals surface area contributed by atoms with E-state index in [-0.39, 0.29) is 0 Å². The van der Waals surface area contributed by atoms with Crippen LogP contribution >= 0.6 is 11.8 Å². The Labute approximate surface area is 117 Å². The van der Waals surface area contributed by atoms with E-state index in [2.05, 4.69) is 42.0 Å². The molecule has 19 heavy (non-hydrogen) atoms. The van der Waals surface area contributed by atoms with Crippen molar-refractivity contribution < 1.29 is 4.58 Å². The van der Waals surface area contributed by atoms with E-state index in [1.54, 1.807) is 0 Å². The van der Waals surface area contributed by atoms with E-state index in [4.69, 9.17) is 0 Å². The number of thioether (sulfide) groups is 1. The number of aryl methyl sites for hydroxylation is 1. The summed E-state index contributed by atoms with van der Waals surface area (Å²) in [5.41, 5.74) is 4.23. The summed E-state index contributed by atoms with van der Waals surface area (Å²) in [6, 6.07) is 16.3. The predicted octanol–water partition coefficient (Wildman–Crippen LogP) is 3.69. The van der Waals surface area contributed by atoms with Crippen LogP contribution in [-0.4, -0.2) is 16.7 Å². The molecule has 1 heterocycles. The van der Waals surface area contributed by atoms with Gasteiger partial charge >= 0.3 is 0 Å². The molecule has 0 unspecified atom stereocenters. The van der Waals surface area contributed by atoms with Gasteiger partial charge in [0.05, 0.1) is 5.56 Å². The lowest BCUT2D eigenvalue weighted by atomic mass is 10.1. The smallest absolute Gasteiger partial charge is 0.192 e. The summed E-state index contributed by atoms with van der Waals surface area (Å²) >= 11 is 1.82.